The van der Waals surface area contributed by atoms with Crippen molar-refractivity contribution in [3.8, 4) is 0 Å². The number of ether oxygens (including phenoxy) is 2. The predicted octanol–water partition coefficient (Wildman–Crippen LogP) is 7.06. The van der Waals surface area contributed by atoms with Crippen molar-refractivity contribution in [2.24, 2.45) is 5.41 Å². The summed E-state index contributed by atoms with van der Waals surface area (Å²) in [6.45, 7) is 10.4. The summed E-state index contributed by atoms with van der Waals surface area (Å²) in [5.74, 6) is -2.16. The van der Waals surface area contributed by atoms with Crippen LogP contribution in [0.25, 0.3) is 0 Å². The Kier molecular flexibility index (Phi) is 18.9. The molecule has 1 saturated heterocycles. The van der Waals surface area contributed by atoms with Crippen LogP contribution in [-0.2, 0) is 23.9 Å². The molecule has 0 saturated carbocycles. The monoisotopic (exact) mass is 580 g/mol. The summed E-state index contributed by atoms with van der Waals surface area (Å²) in [6.07, 6.45) is 21.2. The Hall–Kier alpha value is -1.93. The molecule has 0 aromatic rings. The molecule has 0 spiro atoms. The van der Waals surface area contributed by atoms with Gasteiger partial charge >= 0.3 is 5.97 Å². The Balaban J connectivity index is 2.15. The zero-order valence-electron chi connectivity index (χ0n) is 26.7. The van der Waals surface area contributed by atoms with Gasteiger partial charge in [-0.1, -0.05) is 84.3 Å². The van der Waals surface area contributed by atoms with Crippen LogP contribution in [0.1, 0.15) is 144 Å². The lowest BCUT2D eigenvalue weighted by Gasteiger charge is -2.45. The van der Waals surface area contributed by atoms with Gasteiger partial charge in [0.15, 0.2) is 5.79 Å². The van der Waals surface area contributed by atoms with Gasteiger partial charge in [0.2, 0.25) is 11.8 Å². The number of nitrogens with one attached hydrogen (secondary N) is 2. The zero-order valence-corrected chi connectivity index (χ0v) is 26.7. The molecule has 1 heterocycles. The van der Waals surface area contributed by atoms with Crippen molar-refractivity contribution >= 4 is 17.8 Å². The number of hydrogen-bond donors (Lipinski definition) is 3. The molecule has 0 radical (unpaired) electrons. The average Bonchev–Trinajstić information content (AvgIpc) is 2.90. The lowest BCUT2D eigenvalue weighted by molar-refractivity contribution is -0.304. The zero-order chi connectivity index (χ0) is 30.6. The number of carbonyl (C=O) groups is 3. The third-order valence-corrected chi connectivity index (χ3v) is 7.63. The van der Waals surface area contributed by atoms with Crippen molar-refractivity contribution in [3.63, 3.8) is 0 Å². The Labute approximate surface area is 249 Å². The van der Waals surface area contributed by atoms with Crippen molar-refractivity contribution in [2.75, 3.05) is 13.2 Å². The first-order valence-electron chi connectivity index (χ1n) is 16.2. The second kappa shape index (κ2) is 20.9. The first-order valence-corrected chi connectivity index (χ1v) is 16.2. The fraction of sp³-hybridized carbons (Fsp3) is 0.848. The fourth-order valence-corrected chi connectivity index (χ4v) is 5.06. The Morgan fingerprint density at radius 3 is 2.07 bits per heavy atom. The molecular formula is C33H60N2O6. The average molecular weight is 581 g/mol. The van der Waals surface area contributed by atoms with Gasteiger partial charge in [-0.25, -0.2) is 0 Å². The van der Waals surface area contributed by atoms with Crippen LogP contribution in [0.2, 0.25) is 0 Å². The van der Waals surface area contributed by atoms with Crippen LogP contribution in [0.3, 0.4) is 0 Å². The standard InChI is InChI=1S/C33H60N2O6/c1-6-7-8-9-10-11-12-13-14-15-16-17-18-19-20-23-28(36)34-24-21-22-27(25-29(37)38)35-31(39)30-32(2,3)26-40-33(4,5)41-30/h13-14,27,30H,6-12,15-26H2,1-5H3,(H,34,36)(H,35,39)(H,37,38)/b14-13-. The molecule has 41 heavy (non-hydrogen) atoms. The van der Waals surface area contributed by atoms with E-state index in [1.54, 1.807) is 13.8 Å². The van der Waals surface area contributed by atoms with Crippen LogP contribution in [0.4, 0.5) is 0 Å². The minimum absolute atomic E-state index is 0.0287. The maximum Gasteiger partial charge on any atom is 0.305 e. The number of carboxylic acids is 1. The molecule has 1 rings (SSSR count). The number of carboxylic acid groups (broad SMARTS) is 1. The quantitative estimate of drug-likeness (QED) is 0.0881. The van der Waals surface area contributed by atoms with Crippen molar-refractivity contribution in [2.45, 2.75) is 162 Å². The maximum atomic E-state index is 13.0. The molecule has 1 fully saturated rings. The molecular weight excluding hydrogens is 520 g/mol. The Morgan fingerprint density at radius 1 is 0.878 bits per heavy atom. The number of carbonyl (C=O) groups excluding carboxylic acids is 2. The molecule has 0 aromatic carbocycles. The van der Waals surface area contributed by atoms with E-state index in [1.807, 2.05) is 13.8 Å². The third kappa shape index (κ3) is 18.3. The molecule has 0 aromatic heterocycles. The first kappa shape index (κ1) is 37.1. The van der Waals surface area contributed by atoms with Gasteiger partial charge in [-0.05, 0) is 58.8 Å². The first-order chi connectivity index (χ1) is 19.5. The molecule has 3 N–H and O–H groups in total. The van der Waals surface area contributed by atoms with Crippen LogP contribution in [0.5, 0.6) is 0 Å². The van der Waals surface area contributed by atoms with E-state index < -0.39 is 29.3 Å². The third-order valence-electron chi connectivity index (χ3n) is 7.63. The van der Waals surface area contributed by atoms with Gasteiger partial charge in [0.1, 0.15) is 6.10 Å². The van der Waals surface area contributed by atoms with Gasteiger partial charge in [0, 0.05) is 24.4 Å². The Morgan fingerprint density at radius 2 is 1.46 bits per heavy atom. The van der Waals surface area contributed by atoms with E-state index in [2.05, 4.69) is 29.7 Å². The molecule has 2 unspecified atom stereocenters. The van der Waals surface area contributed by atoms with Crippen molar-refractivity contribution in [3.05, 3.63) is 12.2 Å². The minimum Gasteiger partial charge on any atom is -0.481 e. The number of rotatable bonds is 23. The normalized spacial score (nSPS) is 18.7. The number of hydrogen-bond acceptors (Lipinski definition) is 5. The summed E-state index contributed by atoms with van der Waals surface area (Å²) in [5, 5.41) is 15.1. The fourth-order valence-electron chi connectivity index (χ4n) is 5.06. The van der Waals surface area contributed by atoms with E-state index in [4.69, 9.17) is 9.47 Å². The van der Waals surface area contributed by atoms with Crippen LogP contribution >= 0.6 is 0 Å². The van der Waals surface area contributed by atoms with E-state index in [-0.39, 0.29) is 18.2 Å². The highest BCUT2D eigenvalue weighted by molar-refractivity contribution is 5.82. The van der Waals surface area contributed by atoms with Crippen LogP contribution in [0, 0.1) is 5.41 Å². The molecule has 8 nitrogen and oxygen atoms in total. The van der Waals surface area contributed by atoms with Crippen LogP contribution in [0.15, 0.2) is 12.2 Å². The number of aliphatic carboxylic acids is 1. The summed E-state index contributed by atoms with van der Waals surface area (Å²) in [6, 6.07) is -0.535. The van der Waals surface area contributed by atoms with Gasteiger partial charge in [-0.15, -0.1) is 0 Å². The van der Waals surface area contributed by atoms with Crippen LogP contribution < -0.4 is 10.6 Å². The smallest absolute Gasteiger partial charge is 0.305 e. The molecule has 2 atom stereocenters. The predicted molar refractivity (Wildman–Crippen MR) is 165 cm³/mol. The Bertz CT molecular complexity index is 780. The lowest BCUT2D eigenvalue weighted by atomic mass is 9.85. The molecule has 8 heteroatoms. The molecule has 1 aliphatic heterocycles. The largest absolute Gasteiger partial charge is 0.481 e. The van der Waals surface area contributed by atoms with E-state index >= 15 is 0 Å². The molecule has 1 aliphatic rings. The molecule has 0 bridgehead atoms. The highest BCUT2D eigenvalue weighted by atomic mass is 16.7. The number of unbranched alkanes of at least 4 members (excludes halogenated alkanes) is 11. The molecule has 2 amide bonds. The summed E-state index contributed by atoms with van der Waals surface area (Å²) in [4.78, 5) is 36.6. The summed E-state index contributed by atoms with van der Waals surface area (Å²) < 4.78 is 11.6. The lowest BCUT2D eigenvalue weighted by Crippen LogP contribution is -2.57. The van der Waals surface area contributed by atoms with E-state index in [0.29, 0.717) is 32.4 Å². The number of amides is 2. The highest BCUT2D eigenvalue weighted by Crippen LogP contribution is 2.35. The molecule has 0 aliphatic carbocycles. The van der Waals surface area contributed by atoms with Crippen molar-refractivity contribution < 1.29 is 29.0 Å². The molecule has 238 valence electrons. The van der Waals surface area contributed by atoms with Crippen molar-refractivity contribution in [1.29, 1.82) is 0 Å². The van der Waals surface area contributed by atoms with Crippen molar-refractivity contribution in [1.82, 2.24) is 10.6 Å². The minimum atomic E-state index is -0.976. The van der Waals surface area contributed by atoms with E-state index in [0.717, 1.165) is 25.7 Å². The number of allylic oxidation sites excluding steroid dienone is 2. The van der Waals surface area contributed by atoms with E-state index in [9.17, 15) is 19.5 Å². The second-order valence-electron chi connectivity index (χ2n) is 12.8. The van der Waals surface area contributed by atoms with Crippen LogP contribution in [-0.4, -0.2) is 54.0 Å². The SMILES string of the molecule is CCCCCCCC/C=C\CCCCCCCC(=O)NCCCC(CC(=O)O)NC(=O)C1OC(C)(C)OCC1(C)C. The van der Waals surface area contributed by atoms with Gasteiger partial charge < -0.3 is 25.2 Å². The van der Waals surface area contributed by atoms with Gasteiger partial charge in [0.25, 0.3) is 0 Å². The van der Waals surface area contributed by atoms with Gasteiger partial charge in [-0.2, -0.15) is 0 Å². The highest BCUT2D eigenvalue weighted by Gasteiger charge is 2.46. The summed E-state index contributed by atoms with van der Waals surface area (Å²) >= 11 is 0. The summed E-state index contributed by atoms with van der Waals surface area (Å²) in [5.41, 5.74) is -0.536. The topological polar surface area (TPSA) is 114 Å². The summed E-state index contributed by atoms with van der Waals surface area (Å²) in [7, 11) is 0. The van der Waals surface area contributed by atoms with Gasteiger partial charge in [-0.3, -0.25) is 14.4 Å². The van der Waals surface area contributed by atoms with E-state index in [1.165, 1.54) is 57.8 Å². The van der Waals surface area contributed by atoms with Gasteiger partial charge in [0.05, 0.1) is 13.0 Å². The second-order valence-corrected chi connectivity index (χ2v) is 12.8. The maximum absolute atomic E-state index is 13.0.